The van der Waals surface area contributed by atoms with E-state index in [1.165, 1.54) is 20.2 Å². The summed E-state index contributed by atoms with van der Waals surface area (Å²) in [6.45, 7) is 10.4. The van der Waals surface area contributed by atoms with Gasteiger partial charge in [-0.3, -0.25) is 0 Å². The minimum Gasteiger partial charge on any atom is -0.490 e. The zero-order valence-corrected chi connectivity index (χ0v) is 26.9. The van der Waals surface area contributed by atoms with E-state index in [-0.39, 0.29) is 0 Å². The SMILES string of the molecule is C=C(C)C(=O)Oc1ccc(Oc2cc(-[s+]3c4ccccc4c4ccccc43)cc(Oc3ccc(OC(=O)C(=C)C)cc3)c2OC)cc1. The molecule has 0 aliphatic rings. The fourth-order valence-corrected chi connectivity index (χ4v) is 7.34. The van der Waals surface area contributed by atoms with Gasteiger partial charge in [0.25, 0.3) is 0 Å². The fraction of sp³-hybridized carbons (Fsp3) is 0.0769. The number of thiophene rings is 1. The van der Waals surface area contributed by atoms with Crippen molar-refractivity contribution in [3.63, 3.8) is 0 Å². The average Bonchev–Trinajstić information content (AvgIpc) is 3.41. The van der Waals surface area contributed by atoms with Crippen LogP contribution in [-0.4, -0.2) is 19.0 Å². The molecule has 0 amide bonds. The van der Waals surface area contributed by atoms with Crippen molar-refractivity contribution >= 4 is 42.6 Å². The van der Waals surface area contributed by atoms with Crippen molar-refractivity contribution in [3.8, 4) is 45.1 Å². The summed E-state index contributed by atoms with van der Waals surface area (Å²) >= 11 is 0. The van der Waals surface area contributed by atoms with Gasteiger partial charge in [0.1, 0.15) is 23.0 Å². The predicted molar refractivity (Wildman–Crippen MR) is 186 cm³/mol. The number of benzene rings is 5. The van der Waals surface area contributed by atoms with E-state index in [9.17, 15) is 9.59 Å². The van der Waals surface area contributed by atoms with Crippen molar-refractivity contribution in [2.24, 2.45) is 0 Å². The number of rotatable bonds is 10. The Hall–Kier alpha value is -5.86. The third kappa shape index (κ3) is 6.59. The molecule has 0 saturated carbocycles. The molecule has 234 valence electrons. The van der Waals surface area contributed by atoms with Crippen LogP contribution in [0.3, 0.4) is 0 Å². The van der Waals surface area contributed by atoms with Crippen molar-refractivity contribution in [3.05, 3.63) is 133 Å². The molecule has 1 heterocycles. The maximum absolute atomic E-state index is 12.0. The molecular weight excluding hydrogens is 612 g/mol. The van der Waals surface area contributed by atoms with Gasteiger partial charge in [0, 0.05) is 44.5 Å². The molecule has 0 aliphatic heterocycles. The Morgan fingerprint density at radius 1 is 0.574 bits per heavy atom. The third-order valence-corrected chi connectivity index (χ3v) is 9.46. The van der Waals surface area contributed by atoms with Gasteiger partial charge in [-0.25, -0.2) is 9.59 Å². The number of carbonyl (C=O) groups excluding carboxylic acids is 2. The summed E-state index contributed by atoms with van der Waals surface area (Å²) in [7, 11) is 1.09. The van der Waals surface area contributed by atoms with Crippen LogP contribution in [0.15, 0.2) is 133 Å². The van der Waals surface area contributed by atoms with Gasteiger partial charge < -0.3 is 23.7 Å². The van der Waals surface area contributed by atoms with Gasteiger partial charge in [-0.15, -0.1) is 0 Å². The summed E-state index contributed by atoms with van der Waals surface area (Å²) in [5, 5.41) is 2.37. The molecule has 5 aromatic carbocycles. The molecule has 0 N–H and O–H groups in total. The molecule has 7 nitrogen and oxygen atoms in total. The fourth-order valence-electron chi connectivity index (χ4n) is 4.92. The molecule has 0 aliphatic carbocycles. The first-order valence-corrected chi connectivity index (χ1v) is 15.9. The molecule has 0 fully saturated rings. The van der Waals surface area contributed by atoms with Crippen LogP contribution in [-0.2, 0) is 9.59 Å². The lowest BCUT2D eigenvalue weighted by molar-refractivity contribution is -0.130. The van der Waals surface area contributed by atoms with Gasteiger partial charge in [-0.1, -0.05) is 37.4 Å². The Morgan fingerprint density at radius 3 is 1.34 bits per heavy atom. The molecule has 0 atom stereocenters. The number of esters is 2. The molecule has 6 aromatic rings. The Bertz CT molecular complexity index is 2010. The molecular formula is C39H31O7S+. The second-order valence-corrected chi connectivity index (χ2v) is 12.7. The maximum atomic E-state index is 12.0. The quantitative estimate of drug-likeness (QED) is 0.0636. The highest BCUT2D eigenvalue weighted by Gasteiger charge is 2.27. The van der Waals surface area contributed by atoms with Crippen LogP contribution < -0.4 is 23.7 Å². The lowest BCUT2D eigenvalue weighted by atomic mass is 10.2. The van der Waals surface area contributed by atoms with Crippen LogP contribution in [0.25, 0.3) is 25.1 Å². The van der Waals surface area contributed by atoms with Crippen molar-refractivity contribution in [2.45, 2.75) is 13.8 Å². The number of carbonyl (C=O) groups is 2. The standard InChI is InChI=1S/C39H31O7S/c1-24(2)38(40)45-28-18-14-26(15-19-28)43-33-22-30(47-35-12-8-6-10-31(35)32-11-7-9-13-36(32)47)23-34(37(33)42-5)44-27-16-20-29(21-17-27)46-39(41)25(3)4/h6-23H,1,3H2,2,4-5H3/q+1. The minimum atomic E-state index is -0.505. The highest BCUT2D eigenvalue weighted by Crippen LogP contribution is 2.53. The van der Waals surface area contributed by atoms with Gasteiger partial charge in [0.2, 0.25) is 5.75 Å². The summed E-state index contributed by atoms with van der Waals surface area (Å²) in [5.74, 6) is 1.99. The first kappa shape index (κ1) is 31.1. The number of methoxy groups -OCH3 is 1. The Balaban J connectivity index is 1.44. The number of ether oxygens (including phenoxy) is 5. The lowest BCUT2D eigenvalue weighted by Gasteiger charge is -2.16. The zero-order chi connectivity index (χ0) is 33.1. The van der Waals surface area contributed by atoms with Crippen LogP contribution in [0.1, 0.15) is 13.8 Å². The van der Waals surface area contributed by atoms with E-state index in [4.69, 9.17) is 23.7 Å². The molecule has 0 bridgehead atoms. The number of hydrogen-bond donors (Lipinski definition) is 0. The van der Waals surface area contributed by atoms with E-state index < -0.39 is 22.4 Å². The normalized spacial score (nSPS) is 10.8. The lowest BCUT2D eigenvalue weighted by Crippen LogP contribution is -2.07. The van der Waals surface area contributed by atoms with Crippen LogP contribution >= 0.6 is 10.5 Å². The molecule has 0 radical (unpaired) electrons. The van der Waals surface area contributed by atoms with Crippen molar-refractivity contribution in [1.29, 1.82) is 0 Å². The van der Waals surface area contributed by atoms with Gasteiger partial charge >= 0.3 is 11.9 Å². The van der Waals surface area contributed by atoms with Crippen molar-refractivity contribution in [1.82, 2.24) is 0 Å². The van der Waals surface area contributed by atoms with E-state index in [1.807, 2.05) is 36.4 Å². The third-order valence-electron chi connectivity index (χ3n) is 7.16. The highest BCUT2D eigenvalue weighted by atomic mass is 32.2. The average molecular weight is 644 g/mol. The van der Waals surface area contributed by atoms with E-state index in [1.54, 1.807) is 69.5 Å². The van der Waals surface area contributed by atoms with Gasteiger partial charge in [-0.2, -0.15) is 0 Å². The van der Waals surface area contributed by atoms with E-state index in [0.717, 1.165) is 4.90 Å². The van der Waals surface area contributed by atoms with Crippen LogP contribution in [0, 0.1) is 0 Å². The Kier molecular flexibility index (Phi) is 8.77. The first-order chi connectivity index (χ1) is 22.7. The maximum Gasteiger partial charge on any atom is 0.338 e. The topological polar surface area (TPSA) is 80.3 Å². The molecule has 0 spiro atoms. The summed E-state index contributed by atoms with van der Waals surface area (Å²) < 4.78 is 31.8. The molecule has 8 heteroatoms. The second-order valence-electron chi connectivity index (χ2n) is 10.7. The molecule has 47 heavy (non-hydrogen) atoms. The van der Waals surface area contributed by atoms with Crippen molar-refractivity contribution in [2.75, 3.05) is 7.11 Å². The first-order valence-electron chi connectivity index (χ1n) is 14.7. The van der Waals surface area contributed by atoms with Crippen molar-refractivity contribution < 1.29 is 33.3 Å². The second kappa shape index (κ2) is 13.2. The minimum absolute atomic E-state index is 0.304. The van der Waals surface area contributed by atoms with E-state index >= 15 is 0 Å². The van der Waals surface area contributed by atoms with Gasteiger partial charge in [0.05, 0.1) is 7.11 Å². The summed E-state index contributed by atoms with van der Waals surface area (Å²) in [6, 6.07) is 34.2. The van der Waals surface area contributed by atoms with Gasteiger partial charge in [0.15, 0.2) is 25.8 Å². The number of fused-ring (bicyclic) bond motifs is 3. The molecule has 0 unspecified atom stereocenters. The zero-order valence-electron chi connectivity index (χ0n) is 26.1. The Morgan fingerprint density at radius 2 is 0.957 bits per heavy atom. The van der Waals surface area contributed by atoms with Gasteiger partial charge in [-0.05, 0) is 86.6 Å². The largest absolute Gasteiger partial charge is 0.490 e. The molecule has 6 rings (SSSR count). The smallest absolute Gasteiger partial charge is 0.338 e. The van der Waals surface area contributed by atoms with Crippen LogP contribution in [0.2, 0.25) is 0 Å². The molecule has 1 aromatic heterocycles. The summed E-state index contributed by atoms with van der Waals surface area (Å²) in [6.07, 6.45) is 0. The predicted octanol–water partition coefficient (Wildman–Crippen LogP) is 10.3. The van der Waals surface area contributed by atoms with Crippen LogP contribution in [0.5, 0.6) is 40.2 Å². The van der Waals surface area contributed by atoms with E-state index in [0.29, 0.717) is 51.4 Å². The highest BCUT2D eigenvalue weighted by molar-refractivity contribution is 7.50. The monoisotopic (exact) mass is 643 g/mol. The summed E-state index contributed by atoms with van der Waals surface area (Å²) in [5.41, 5.74) is 0.607. The summed E-state index contributed by atoms with van der Waals surface area (Å²) in [4.78, 5) is 24.9. The number of hydrogen-bond acceptors (Lipinski definition) is 7. The Labute approximate surface area is 274 Å². The van der Waals surface area contributed by atoms with Crippen LogP contribution in [0.4, 0.5) is 0 Å². The molecule has 0 saturated heterocycles. The van der Waals surface area contributed by atoms with E-state index in [2.05, 4.69) is 37.4 Å².